The zero-order valence-corrected chi connectivity index (χ0v) is 25.7. The number of para-hydroxylation sites is 3. The van der Waals surface area contributed by atoms with E-state index in [0.717, 1.165) is 61.1 Å². The number of benzene rings is 7. The van der Waals surface area contributed by atoms with E-state index in [1.807, 2.05) is 30.3 Å². The van der Waals surface area contributed by atoms with Gasteiger partial charge >= 0.3 is 0 Å². The Bertz CT molecular complexity index is 2530. The molecular formula is C42H27N2OP. The van der Waals surface area contributed by atoms with Crippen LogP contribution in [0.3, 0.4) is 0 Å². The van der Waals surface area contributed by atoms with E-state index in [2.05, 4.69) is 143 Å². The van der Waals surface area contributed by atoms with Gasteiger partial charge in [-0.2, -0.15) is 0 Å². The first-order valence-corrected chi connectivity index (χ1v) is 17.3. The summed E-state index contributed by atoms with van der Waals surface area (Å²) in [7, 11) is -3.19. The number of rotatable bonds is 2. The minimum atomic E-state index is -3.19. The number of hydrogen-bond donors (Lipinski definition) is 0. The minimum absolute atomic E-state index is 0.892. The predicted octanol–water partition coefficient (Wildman–Crippen LogP) is 10.5. The second-order valence-corrected chi connectivity index (χ2v) is 14.6. The van der Waals surface area contributed by atoms with Crippen LogP contribution in [0.5, 0.6) is 0 Å². The van der Waals surface area contributed by atoms with Crippen LogP contribution in [-0.4, -0.2) is 4.57 Å². The monoisotopic (exact) mass is 606 g/mol. The van der Waals surface area contributed by atoms with Crippen molar-refractivity contribution < 1.29 is 4.57 Å². The summed E-state index contributed by atoms with van der Waals surface area (Å²) >= 11 is 0. The van der Waals surface area contributed by atoms with Crippen molar-refractivity contribution in [3.05, 3.63) is 164 Å². The van der Waals surface area contributed by atoms with E-state index in [4.69, 9.17) is 0 Å². The van der Waals surface area contributed by atoms with Crippen LogP contribution < -0.4 is 15.3 Å². The quantitative estimate of drug-likeness (QED) is 0.183. The van der Waals surface area contributed by atoms with Crippen molar-refractivity contribution in [3.63, 3.8) is 0 Å². The summed E-state index contributed by atoms with van der Waals surface area (Å²) in [6.07, 6.45) is 0. The average Bonchev–Trinajstić information content (AvgIpc) is 3.46. The average molecular weight is 607 g/mol. The summed E-state index contributed by atoms with van der Waals surface area (Å²) in [6.45, 7) is 0. The van der Waals surface area contributed by atoms with Crippen molar-refractivity contribution in [2.24, 2.45) is 0 Å². The van der Waals surface area contributed by atoms with Gasteiger partial charge < -0.3 is 4.57 Å². The van der Waals surface area contributed by atoms with Crippen LogP contribution in [0.25, 0.3) is 60.9 Å². The van der Waals surface area contributed by atoms with E-state index >= 15 is 4.57 Å². The van der Waals surface area contributed by atoms with Gasteiger partial charge in [0, 0.05) is 38.2 Å². The molecule has 1 unspecified atom stereocenters. The fourth-order valence-electron chi connectivity index (χ4n) is 7.72. The lowest BCUT2D eigenvalue weighted by Crippen LogP contribution is -2.37. The van der Waals surface area contributed by atoms with E-state index in [1.165, 1.54) is 21.8 Å². The molecule has 0 radical (unpaired) electrons. The molecule has 0 spiro atoms. The summed E-state index contributed by atoms with van der Waals surface area (Å²) in [6, 6.07) is 57.5. The van der Waals surface area contributed by atoms with Crippen LogP contribution in [0.4, 0.5) is 11.4 Å². The predicted molar refractivity (Wildman–Crippen MR) is 193 cm³/mol. The molecule has 0 saturated carbocycles. The highest BCUT2D eigenvalue weighted by Gasteiger charge is 2.47. The molecule has 0 bridgehead atoms. The van der Waals surface area contributed by atoms with Gasteiger partial charge in [-0.3, -0.25) is 9.24 Å². The molecule has 10 rings (SSSR count). The number of anilines is 2. The smallest absolute Gasteiger partial charge is 0.235 e. The van der Waals surface area contributed by atoms with Crippen molar-refractivity contribution in [3.8, 4) is 39.1 Å². The Morgan fingerprint density at radius 3 is 1.59 bits per heavy atom. The lowest BCUT2D eigenvalue weighted by atomic mass is 9.96. The molecule has 2 aliphatic rings. The summed E-state index contributed by atoms with van der Waals surface area (Å²) in [5, 5.41) is 4.31. The van der Waals surface area contributed by atoms with Crippen molar-refractivity contribution >= 4 is 51.1 Å². The van der Waals surface area contributed by atoms with Gasteiger partial charge in [0.2, 0.25) is 7.29 Å². The maximum atomic E-state index is 15.6. The molecule has 46 heavy (non-hydrogen) atoms. The van der Waals surface area contributed by atoms with Gasteiger partial charge in [-0.15, -0.1) is 0 Å². The van der Waals surface area contributed by atoms with Crippen LogP contribution in [-0.2, 0) is 4.57 Å². The molecule has 2 aliphatic heterocycles. The molecule has 0 saturated heterocycles. The summed E-state index contributed by atoms with van der Waals surface area (Å²) in [4.78, 5) is 0. The first-order chi connectivity index (χ1) is 22.7. The summed E-state index contributed by atoms with van der Waals surface area (Å²) in [5.41, 5.74) is 12.1. The van der Waals surface area contributed by atoms with E-state index in [0.29, 0.717) is 0 Å². The first kappa shape index (κ1) is 25.7. The Morgan fingerprint density at radius 1 is 0.413 bits per heavy atom. The van der Waals surface area contributed by atoms with E-state index in [9.17, 15) is 0 Å². The van der Waals surface area contributed by atoms with Gasteiger partial charge in [-0.25, -0.2) is 0 Å². The molecular weight excluding hydrogens is 579 g/mol. The van der Waals surface area contributed by atoms with Crippen LogP contribution >= 0.6 is 7.29 Å². The van der Waals surface area contributed by atoms with E-state index < -0.39 is 7.29 Å². The Kier molecular flexibility index (Phi) is 5.27. The summed E-state index contributed by atoms with van der Waals surface area (Å²) in [5.74, 6) is 0. The SMILES string of the molecule is O=P12c3ccccc3-c3ccccc3N1c1ccc(-c3ccc(-n4c5ccccc5c5ccccc54)cc3)cc1-c1ccccc12. The zero-order valence-electron chi connectivity index (χ0n) is 24.8. The largest absolute Gasteiger partial charge is 0.309 e. The lowest BCUT2D eigenvalue weighted by Gasteiger charge is -2.44. The maximum Gasteiger partial charge on any atom is 0.235 e. The zero-order chi connectivity index (χ0) is 30.4. The Labute approximate surface area is 267 Å². The molecule has 216 valence electrons. The minimum Gasteiger partial charge on any atom is -0.309 e. The standard InChI is InChI=1S/C42H27N2OP/c45-46-41-19-9-4-14-34(41)33-13-3-8-18-39(33)44(46)40-26-23-29(27-36(40)35-15-5-10-20-42(35)46)28-21-24-30(25-22-28)43-37-16-6-1-11-31(37)32-12-2-7-17-38(32)43/h1-27H. The Balaban J connectivity index is 1.14. The molecule has 3 heterocycles. The molecule has 0 aliphatic carbocycles. The van der Waals surface area contributed by atoms with Crippen molar-refractivity contribution in [2.75, 3.05) is 4.67 Å². The molecule has 4 heteroatoms. The highest BCUT2D eigenvalue weighted by atomic mass is 31.2. The molecule has 3 nitrogen and oxygen atoms in total. The van der Waals surface area contributed by atoms with Crippen LogP contribution in [0.15, 0.2) is 164 Å². The highest BCUT2D eigenvalue weighted by Crippen LogP contribution is 2.65. The highest BCUT2D eigenvalue weighted by molar-refractivity contribution is 7.81. The van der Waals surface area contributed by atoms with Gasteiger partial charge in [0.1, 0.15) is 0 Å². The Hall–Kier alpha value is -5.63. The van der Waals surface area contributed by atoms with E-state index in [1.54, 1.807) is 0 Å². The third-order valence-corrected chi connectivity index (χ3v) is 12.8. The number of nitrogens with zero attached hydrogens (tertiary/aromatic N) is 2. The van der Waals surface area contributed by atoms with Crippen LogP contribution in [0.1, 0.15) is 0 Å². The first-order valence-electron chi connectivity index (χ1n) is 15.6. The Morgan fingerprint density at radius 2 is 0.913 bits per heavy atom. The van der Waals surface area contributed by atoms with Gasteiger partial charge in [0.25, 0.3) is 0 Å². The van der Waals surface area contributed by atoms with Crippen molar-refractivity contribution in [1.82, 2.24) is 4.57 Å². The fraction of sp³-hybridized carbons (Fsp3) is 0. The number of aromatic nitrogens is 1. The maximum absolute atomic E-state index is 15.6. The van der Waals surface area contributed by atoms with Gasteiger partial charge in [-0.05, 0) is 76.9 Å². The van der Waals surface area contributed by atoms with Gasteiger partial charge in [0.05, 0.1) is 22.4 Å². The molecule has 8 aromatic rings. The molecule has 0 fully saturated rings. The normalized spacial score (nSPS) is 16.0. The fourth-order valence-corrected chi connectivity index (χ4v) is 11.0. The second-order valence-electron chi connectivity index (χ2n) is 12.1. The third kappa shape index (κ3) is 3.36. The molecule has 0 amide bonds. The summed E-state index contributed by atoms with van der Waals surface area (Å²) < 4.78 is 20.1. The molecule has 1 atom stereocenters. The van der Waals surface area contributed by atoms with E-state index in [-0.39, 0.29) is 0 Å². The molecule has 1 aromatic heterocycles. The molecule has 7 aromatic carbocycles. The van der Waals surface area contributed by atoms with Crippen molar-refractivity contribution in [1.29, 1.82) is 0 Å². The number of fused-ring (bicyclic) bond motifs is 14. The molecule has 0 N–H and O–H groups in total. The topological polar surface area (TPSA) is 25.2 Å². The lowest BCUT2D eigenvalue weighted by molar-refractivity contribution is 0.586. The second kappa shape index (κ2) is 9.44. The van der Waals surface area contributed by atoms with Gasteiger partial charge in [-0.1, -0.05) is 109 Å². The third-order valence-electron chi connectivity index (χ3n) is 9.72. The van der Waals surface area contributed by atoms with Crippen LogP contribution in [0.2, 0.25) is 0 Å². The van der Waals surface area contributed by atoms with Crippen molar-refractivity contribution in [2.45, 2.75) is 0 Å². The van der Waals surface area contributed by atoms with Gasteiger partial charge in [0.15, 0.2) is 0 Å². The number of hydrogen-bond acceptors (Lipinski definition) is 1. The van der Waals surface area contributed by atoms with Crippen LogP contribution in [0, 0.1) is 0 Å².